The Morgan fingerprint density at radius 2 is 1.96 bits per heavy atom. The van der Waals surface area contributed by atoms with Gasteiger partial charge in [-0.2, -0.15) is 0 Å². The van der Waals surface area contributed by atoms with Gasteiger partial charge in [0.1, 0.15) is 5.82 Å². The highest BCUT2D eigenvalue weighted by Gasteiger charge is 2.14. The van der Waals surface area contributed by atoms with E-state index in [1.54, 1.807) is 16.5 Å². The smallest absolute Gasteiger partial charge is 0.294 e. The summed E-state index contributed by atoms with van der Waals surface area (Å²) in [4.78, 5) is 27.6. The second-order valence-corrected chi connectivity index (χ2v) is 6.38. The predicted molar refractivity (Wildman–Crippen MR) is 103 cm³/mol. The number of aromatic nitrogens is 4. The molecule has 0 aliphatic rings. The third-order valence-electron chi connectivity index (χ3n) is 4.45. The minimum atomic E-state index is -0.320. The summed E-state index contributed by atoms with van der Waals surface area (Å²) >= 11 is 0. The number of amides is 1. The van der Waals surface area contributed by atoms with Crippen molar-refractivity contribution in [1.29, 1.82) is 0 Å². The van der Waals surface area contributed by atoms with E-state index in [1.165, 1.54) is 0 Å². The molecule has 0 radical (unpaired) electrons. The number of nitrogens with one attached hydrogen (secondary N) is 2. The lowest BCUT2D eigenvalue weighted by Gasteiger charge is -2.08. The number of aromatic amines is 1. The molecule has 136 valence electrons. The molecule has 27 heavy (non-hydrogen) atoms. The Bertz CT molecular complexity index is 1180. The van der Waals surface area contributed by atoms with Gasteiger partial charge in [-0.1, -0.05) is 37.3 Å². The number of H-pyrrole nitrogens is 1. The zero-order chi connectivity index (χ0) is 18.8. The predicted octanol–water partition coefficient (Wildman–Crippen LogP) is 2.45. The molecule has 0 fully saturated rings. The Morgan fingerprint density at radius 3 is 2.74 bits per heavy atom. The monoisotopic (exact) mass is 361 g/mol. The SMILES string of the molecule is CCCc1nnc2c(=O)[nH]c3cc(C(=O)NCc4ccccc4)ccc3n12. The van der Waals surface area contributed by atoms with Gasteiger partial charge in [0.05, 0.1) is 11.0 Å². The molecule has 2 heterocycles. The summed E-state index contributed by atoms with van der Waals surface area (Å²) in [6.45, 7) is 2.49. The van der Waals surface area contributed by atoms with Crippen molar-refractivity contribution in [2.75, 3.05) is 0 Å². The molecule has 2 aromatic heterocycles. The summed E-state index contributed by atoms with van der Waals surface area (Å²) in [5.74, 6) is 0.545. The van der Waals surface area contributed by atoms with Crippen LogP contribution in [0.2, 0.25) is 0 Å². The molecule has 4 aromatic rings. The van der Waals surface area contributed by atoms with Crippen LogP contribution in [-0.4, -0.2) is 25.5 Å². The first-order valence-corrected chi connectivity index (χ1v) is 8.89. The highest BCUT2D eigenvalue weighted by Crippen LogP contribution is 2.16. The molecule has 2 N–H and O–H groups in total. The van der Waals surface area contributed by atoms with Gasteiger partial charge in [0, 0.05) is 18.5 Å². The molecule has 7 heteroatoms. The van der Waals surface area contributed by atoms with Crippen LogP contribution in [0.3, 0.4) is 0 Å². The van der Waals surface area contributed by atoms with Crippen molar-refractivity contribution >= 4 is 22.6 Å². The van der Waals surface area contributed by atoms with E-state index in [1.807, 2.05) is 43.3 Å². The molecule has 0 aliphatic carbocycles. The maximum absolute atomic E-state index is 12.5. The fraction of sp³-hybridized carbons (Fsp3) is 0.200. The molecule has 0 aliphatic heterocycles. The van der Waals surface area contributed by atoms with Crippen molar-refractivity contribution in [1.82, 2.24) is 24.9 Å². The van der Waals surface area contributed by atoms with Gasteiger partial charge in [0.2, 0.25) is 5.65 Å². The fourth-order valence-corrected chi connectivity index (χ4v) is 3.13. The lowest BCUT2D eigenvalue weighted by atomic mass is 10.1. The molecule has 1 amide bonds. The van der Waals surface area contributed by atoms with E-state index < -0.39 is 0 Å². The first-order valence-electron chi connectivity index (χ1n) is 8.89. The number of hydrogen-bond acceptors (Lipinski definition) is 4. The molecule has 0 saturated heterocycles. The van der Waals surface area contributed by atoms with Crippen LogP contribution in [0.25, 0.3) is 16.7 Å². The highest BCUT2D eigenvalue weighted by molar-refractivity contribution is 5.97. The van der Waals surface area contributed by atoms with E-state index >= 15 is 0 Å². The summed E-state index contributed by atoms with van der Waals surface area (Å²) in [5, 5.41) is 11.0. The number of carbonyl (C=O) groups is 1. The minimum Gasteiger partial charge on any atom is -0.348 e. The average Bonchev–Trinajstić information content (AvgIpc) is 3.11. The van der Waals surface area contributed by atoms with Gasteiger partial charge in [-0.3, -0.25) is 14.0 Å². The fourth-order valence-electron chi connectivity index (χ4n) is 3.13. The summed E-state index contributed by atoms with van der Waals surface area (Å²) in [6, 6.07) is 15.0. The number of hydrogen-bond donors (Lipinski definition) is 2. The van der Waals surface area contributed by atoms with Gasteiger partial charge >= 0.3 is 0 Å². The number of nitrogens with zero attached hydrogens (tertiary/aromatic N) is 3. The van der Waals surface area contributed by atoms with Crippen molar-refractivity contribution in [3.8, 4) is 0 Å². The Morgan fingerprint density at radius 1 is 1.15 bits per heavy atom. The van der Waals surface area contributed by atoms with Crippen LogP contribution in [0.15, 0.2) is 53.3 Å². The lowest BCUT2D eigenvalue weighted by Crippen LogP contribution is -2.23. The van der Waals surface area contributed by atoms with Crippen LogP contribution in [0.4, 0.5) is 0 Å². The minimum absolute atomic E-state index is 0.195. The van der Waals surface area contributed by atoms with E-state index in [2.05, 4.69) is 20.5 Å². The van der Waals surface area contributed by atoms with Gasteiger partial charge in [-0.05, 0) is 30.2 Å². The van der Waals surface area contributed by atoms with Gasteiger partial charge in [-0.15, -0.1) is 10.2 Å². The quantitative estimate of drug-likeness (QED) is 0.571. The molecule has 0 spiro atoms. The maximum atomic E-state index is 12.5. The second kappa shape index (κ2) is 7.03. The van der Waals surface area contributed by atoms with E-state index in [0.717, 1.165) is 29.7 Å². The zero-order valence-corrected chi connectivity index (χ0v) is 14.9. The first kappa shape index (κ1) is 17.0. The molecule has 0 atom stereocenters. The topological polar surface area (TPSA) is 92.2 Å². The van der Waals surface area contributed by atoms with Crippen LogP contribution < -0.4 is 10.9 Å². The van der Waals surface area contributed by atoms with Crippen LogP contribution >= 0.6 is 0 Å². The maximum Gasteiger partial charge on any atom is 0.294 e. The molecular formula is C20H19N5O2. The third kappa shape index (κ3) is 3.19. The van der Waals surface area contributed by atoms with Crippen LogP contribution in [0, 0.1) is 0 Å². The zero-order valence-electron chi connectivity index (χ0n) is 14.9. The molecule has 7 nitrogen and oxygen atoms in total. The van der Waals surface area contributed by atoms with Crippen molar-refractivity contribution in [2.45, 2.75) is 26.3 Å². The summed E-state index contributed by atoms with van der Waals surface area (Å²) in [6.07, 6.45) is 1.62. The third-order valence-corrected chi connectivity index (χ3v) is 4.45. The van der Waals surface area contributed by atoms with Crippen molar-refractivity contribution < 1.29 is 4.79 Å². The number of carbonyl (C=O) groups excluding carboxylic acids is 1. The molecule has 0 bridgehead atoms. The Labute approximate surface area is 155 Å². The molecule has 4 rings (SSSR count). The van der Waals surface area contributed by atoms with Crippen LogP contribution in [0.1, 0.15) is 35.1 Å². The van der Waals surface area contributed by atoms with Crippen LogP contribution in [0.5, 0.6) is 0 Å². The van der Waals surface area contributed by atoms with Gasteiger partial charge in [-0.25, -0.2) is 0 Å². The Kier molecular flexibility index (Phi) is 4.42. The number of benzene rings is 2. The van der Waals surface area contributed by atoms with Gasteiger partial charge in [0.25, 0.3) is 11.5 Å². The summed E-state index contributed by atoms with van der Waals surface area (Å²) < 4.78 is 1.77. The second-order valence-electron chi connectivity index (χ2n) is 6.38. The largest absolute Gasteiger partial charge is 0.348 e. The summed E-state index contributed by atoms with van der Waals surface area (Å²) in [7, 11) is 0. The molecule has 2 aromatic carbocycles. The van der Waals surface area contributed by atoms with Gasteiger partial charge in [0.15, 0.2) is 0 Å². The van der Waals surface area contributed by atoms with Crippen molar-refractivity contribution in [2.24, 2.45) is 0 Å². The number of aryl methyl sites for hydroxylation is 1. The first-order chi connectivity index (χ1) is 13.2. The normalized spacial score (nSPS) is 11.1. The lowest BCUT2D eigenvalue weighted by molar-refractivity contribution is 0.0951. The highest BCUT2D eigenvalue weighted by atomic mass is 16.1. The molecule has 0 saturated carbocycles. The average molecular weight is 361 g/mol. The van der Waals surface area contributed by atoms with Gasteiger partial charge < -0.3 is 10.3 Å². The van der Waals surface area contributed by atoms with Crippen LogP contribution in [-0.2, 0) is 13.0 Å². The molecule has 0 unspecified atom stereocenters. The van der Waals surface area contributed by atoms with Crippen molar-refractivity contribution in [3.05, 3.63) is 75.8 Å². The Hall–Kier alpha value is -3.48. The van der Waals surface area contributed by atoms with Crippen molar-refractivity contribution in [3.63, 3.8) is 0 Å². The van der Waals surface area contributed by atoms with E-state index in [-0.39, 0.29) is 17.1 Å². The Balaban J connectivity index is 1.69. The standard InChI is InChI=1S/C20H19N5O2/c1-2-6-17-23-24-18-20(27)22-15-11-14(9-10-16(15)25(17)18)19(26)21-12-13-7-4-3-5-8-13/h3-5,7-11H,2,6,12H2,1H3,(H,21,26)(H,22,27). The van der Waals surface area contributed by atoms with E-state index in [0.29, 0.717) is 17.6 Å². The molecular weight excluding hydrogens is 342 g/mol. The van der Waals surface area contributed by atoms with E-state index in [9.17, 15) is 9.59 Å². The number of rotatable bonds is 5. The number of fused-ring (bicyclic) bond motifs is 3. The van der Waals surface area contributed by atoms with E-state index in [4.69, 9.17) is 0 Å². The summed E-state index contributed by atoms with van der Waals surface area (Å²) in [5.41, 5.74) is 2.81.